The van der Waals surface area contributed by atoms with Crippen molar-refractivity contribution in [2.75, 3.05) is 26.4 Å². The van der Waals surface area contributed by atoms with Crippen molar-refractivity contribution in [3.8, 4) is 0 Å². The molecular formula is C70H119O11P. The summed E-state index contributed by atoms with van der Waals surface area (Å²) < 4.78 is 39.7. The molecule has 2 N–H and O–H groups in total. The smallest absolute Gasteiger partial charge is 0.462 e. The first-order valence-electron chi connectivity index (χ1n) is 32.8. The summed E-state index contributed by atoms with van der Waals surface area (Å²) >= 11 is 0. The molecule has 0 rings (SSSR count). The summed E-state index contributed by atoms with van der Waals surface area (Å²) in [6.07, 6.45) is 77.4. The number of carbonyl (C=O) groups excluding carboxylic acids is 3. The van der Waals surface area contributed by atoms with E-state index in [1.54, 1.807) is 0 Å². The van der Waals surface area contributed by atoms with Crippen LogP contribution < -0.4 is 0 Å². The highest BCUT2D eigenvalue weighted by atomic mass is 31.2. The lowest BCUT2D eigenvalue weighted by atomic mass is 10.1. The third-order valence-corrected chi connectivity index (χ3v) is 14.6. The van der Waals surface area contributed by atoms with Gasteiger partial charge in [-0.15, -0.1) is 0 Å². The van der Waals surface area contributed by atoms with Crippen LogP contribution in [0.3, 0.4) is 0 Å². The maximum atomic E-state index is 13.0. The van der Waals surface area contributed by atoms with Gasteiger partial charge in [0.2, 0.25) is 0 Å². The average Bonchev–Trinajstić information content (AvgIpc) is 3.49. The van der Waals surface area contributed by atoms with Crippen LogP contribution >= 0.6 is 7.82 Å². The quantitative estimate of drug-likeness (QED) is 0.0197. The summed E-state index contributed by atoms with van der Waals surface area (Å²) in [7, 11) is -4.77. The minimum atomic E-state index is -4.77. The zero-order valence-corrected chi connectivity index (χ0v) is 53.1. The Balaban J connectivity index is 4.76. The first kappa shape index (κ1) is 78.1. The molecule has 0 radical (unpaired) electrons. The summed E-state index contributed by atoms with van der Waals surface area (Å²) in [6.45, 7) is 4.46. The summed E-state index contributed by atoms with van der Waals surface area (Å²) in [5.41, 5.74) is 0. The van der Waals surface area contributed by atoms with Gasteiger partial charge in [0, 0.05) is 19.3 Å². The number of rotatable bonds is 60. The molecular weight excluding hydrogens is 1050 g/mol. The van der Waals surface area contributed by atoms with Gasteiger partial charge in [0.15, 0.2) is 6.10 Å². The minimum Gasteiger partial charge on any atom is -0.462 e. The van der Waals surface area contributed by atoms with Crippen LogP contribution in [-0.2, 0) is 42.2 Å². The van der Waals surface area contributed by atoms with Crippen LogP contribution in [0.4, 0.5) is 0 Å². The van der Waals surface area contributed by atoms with Crippen molar-refractivity contribution >= 4 is 25.7 Å². The Bertz CT molecular complexity index is 1790. The topological polar surface area (TPSA) is 155 Å². The summed E-state index contributed by atoms with van der Waals surface area (Å²) in [5, 5.41) is 9.86. The van der Waals surface area contributed by atoms with E-state index in [0.717, 1.165) is 154 Å². The van der Waals surface area contributed by atoms with E-state index in [1.165, 1.54) is 64.2 Å². The molecule has 470 valence electrons. The SMILES string of the molecule is CC/C=C\C/C=C\C/C=C\CCCCCCCCCC(=O)OC(CO)COP(=O)(O)OCC(COC(=O)CCCCCCCC/C=C\C/C=C\C/C=C\CCCCC)OC(=O)CCCCCCCC/C=C\C/C=C\C/C=C\CCCCC. The molecule has 0 saturated carbocycles. The highest BCUT2D eigenvalue weighted by Gasteiger charge is 2.28. The van der Waals surface area contributed by atoms with Crippen molar-refractivity contribution in [2.45, 2.75) is 290 Å². The van der Waals surface area contributed by atoms with Crippen molar-refractivity contribution in [2.24, 2.45) is 0 Å². The van der Waals surface area contributed by atoms with Gasteiger partial charge in [0.1, 0.15) is 12.7 Å². The molecule has 0 bridgehead atoms. The predicted octanol–water partition coefficient (Wildman–Crippen LogP) is 20.1. The fraction of sp³-hybridized carbons (Fsp3) is 0.700. The highest BCUT2D eigenvalue weighted by molar-refractivity contribution is 7.47. The van der Waals surface area contributed by atoms with E-state index in [9.17, 15) is 28.9 Å². The van der Waals surface area contributed by atoms with Crippen molar-refractivity contribution in [3.63, 3.8) is 0 Å². The van der Waals surface area contributed by atoms with E-state index >= 15 is 0 Å². The summed E-state index contributed by atoms with van der Waals surface area (Å²) in [6, 6.07) is 0. The Labute approximate surface area is 501 Å². The Hall–Kier alpha value is -3.86. The molecule has 0 amide bonds. The molecule has 0 aliphatic carbocycles. The molecule has 82 heavy (non-hydrogen) atoms. The van der Waals surface area contributed by atoms with Gasteiger partial charge < -0.3 is 24.2 Å². The minimum absolute atomic E-state index is 0.145. The molecule has 0 saturated heterocycles. The molecule has 0 aromatic heterocycles. The first-order valence-corrected chi connectivity index (χ1v) is 34.3. The number of hydrogen-bond donors (Lipinski definition) is 2. The Morgan fingerprint density at radius 2 is 0.634 bits per heavy atom. The third kappa shape index (κ3) is 60.7. The number of allylic oxidation sites excluding steroid dienone is 18. The summed E-state index contributed by atoms with van der Waals surface area (Å²) in [5.74, 6) is -1.50. The molecule has 3 atom stereocenters. The summed E-state index contributed by atoms with van der Waals surface area (Å²) in [4.78, 5) is 48.8. The predicted molar refractivity (Wildman–Crippen MR) is 343 cm³/mol. The van der Waals surface area contributed by atoms with Crippen LogP contribution in [0.15, 0.2) is 109 Å². The zero-order chi connectivity index (χ0) is 59.8. The fourth-order valence-corrected chi connectivity index (χ4v) is 9.46. The Kier molecular flexibility index (Phi) is 60.2. The van der Waals surface area contributed by atoms with E-state index in [2.05, 4.69) is 130 Å². The number of aliphatic hydroxyl groups is 1. The molecule has 3 unspecified atom stereocenters. The van der Waals surface area contributed by atoms with Gasteiger partial charge >= 0.3 is 25.7 Å². The lowest BCUT2D eigenvalue weighted by Crippen LogP contribution is -2.30. The van der Waals surface area contributed by atoms with E-state index in [4.69, 9.17) is 23.3 Å². The van der Waals surface area contributed by atoms with Gasteiger partial charge in [0.05, 0.1) is 19.8 Å². The zero-order valence-electron chi connectivity index (χ0n) is 52.2. The van der Waals surface area contributed by atoms with Crippen LogP contribution in [0.1, 0.15) is 278 Å². The van der Waals surface area contributed by atoms with Crippen LogP contribution in [-0.4, -0.2) is 66.5 Å². The van der Waals surface area contributed by atoms with E-state index in [1.807, 2.05) is 0 Å². The number of phosphoric acid groups is 1. The van der Waals surface area contributed by atoms with Gasteiger partial charge in [-0.2, -0.15) is 0 Å². The molecule has 0 spiro atoms. The molecule has 11 nitrogen and oxygen atoms in total. The van der Waals surface area contributed by atoms with E-state index in [-0.39, 0.29) is 25.9 Å². The molecule has 0 aliphatic heterocycles. The molecule has 0 aromatic carbocycles. The Morgan fingerprint density at radius 1 is 0.354 bits per heavy atom. The van der Waals surface area contributed by atoms with Gasteiger partial charge in [0.25, 0.3) is 0 Å². The number of aliphatic hydroxyl groups excluding tert-OH is 1. The maximum absolute atomic E-state index is 13.0. The molecule has 0 aliphatic rings. The number of unbranched alkanes of at least 4 members (excludes halogenated alkanes) is 25. The molecule has 0 fully saturated rings. The van der Waals surface area contributed by atoms with Crippen molar-refractivity contribution in [3.05, 3.63) is 109 Å². The number of phosphoric ester groups is 1. The van der Waals surface area contributed by atoms with Crippen molar-refractivity contribution < 1.29 is 52.2 Å². The van der Waals surface area contributed by atoms with E-state index < -0.39 is 57.8 Å². The second-order valence-electron chi connectivity index (χ2n) is 21.5. The molecule has 12 heteroatoms. The largest absolute Gasteiger partial charge is 0.472 e. The Morgan fingerprint density at radius 3 is 0.976 bits per heavy atom. The van der Waals surface area contributed by atoms with Crippen LogP contribution in [0, 0.1) is 0 Å². The van der Waals surface area contributed by atoms with Gasteiger partial charge in [-0.25, -0.2) is 4.57 Å². The second kappa shape index (κ2) is 63.2. The van der Waals surface area contributed by atoms with Crippen LogP contribution in [0.25, 0.3) is 0 Å². The third-order valence-electron chi connectivity index (χ3n) is 13.6. The second-order valence-corrected chi connectivity index (χ2v) is 23.0. The maximum Gasteiger partial charge on any atom is 0.472 e. The monoisotopic (exact) mass is 1170 g/mol. The lowest BCUT2D eigenvalue weighted by molar-refractivity contribution is -0.161. The first-order chi connectivity index (χ1) is 40.2. The normalized spacial score (nSPS) is 14.0. The van der Waals surface area contributed by atoms with Gasteiger partial charge in [-0.3, -0.25) is 23.4 Å². The van der Waals surface area contributed by atoms with E-state index in [0.29, 0.717) is 19.3 Å². The van der Waals surface area contributed by atoms with Gasteiger partial charge in [-0.05, 0) is 128 Å². The molecule has 0 aromatic rings. The molecule has 0 heterocycles. The van der Waals surface area contributed by atoms with Gasteiger partial charge in [-0.1, -0.05) is 239 Å². The van der Waals surface area contributed by atoms with Crippen molar-refractivity contribution in [1.29, 1.82) is 0 Å². The highest BCUT2D eigenvalue weighted by Crippen LogP contribution is 2.43. The fourth-order valence-electron chi connectivity index (χ4n) is 8.68. The standard InChI is InChI=1S/C70H119O11P/c1-4-7-10-13-16-19-22-25-28-31-33-36-38-41-44-47-50-53-56-59-68(72)77-63-67(81-70(74)61-58-55-52-49-46-43-40-37-34-32-29-26-23-20-17-14-11-8-5-2)65-79-82(75,76)78-64-66(62-71)80-69(73)60-57-54-51-48-45-42-39-35-30-27-24-21-18-15-12-9-6-3/h9,12,16-21,25-30,33-34,36-37,66-67,71H,4-8,10-11,13-15,22-24,31-32,35,38-65H2,1-3H3,(H,75,76)/b12-9-,19-16-,20-17-,21-18-,28-25-,29-26-,30-27-,36-33-,37-34-. The number of esters is 3. The number of ether oxygens (including phenoxy) is 3. The average molecular weight is 1170 g/mol. The number of hydrogen-bond acceptors (Lipinski definition) is 10. The number of carbonyl (C=O) groups is 3. The lowest BCUT2D eigenvalue weighted by Gasteiger charge is -2.21. The van der Waals surface area contributed by atoms with Crippen LogP contribution in [0.5, 0.6) is 0 Å². The van der Waals surface area contributed by atoms with Crippen LogP contribution in [0.2, 0.25) is 0 Å². The van der Waals surface area contributed by atoms with Crippen molar-refractivity contribution in [1.82, 2.24) is 0 Å².